The molecule has 0 spiro atoms. The van der Waals surface area contributed by atoms with Crippen LogP contribution >= 0.6 is 11.3 Å². The molecule has 1 heterocycles. The SMILES string of the molecule is COCCNCCOCc1cccs1. The van der Waals surface area contributed by atoms with Crippen LogP contribution in [0.1, 0.15) is 4.88 Å². The van der Waals surface area contributed by atoms with Gasteiger partial charge >= 0.3 is 0 Å². The maximum atomic E-state index is 5.47. The second kappa shape index (κ2) is 7.94. The molecule has 14 heavy (non-hydrogen) atoms. The second-order valence-corrected chi connectivity index (χ2v) is 3.91. The Morgan fingerprint density at radius 3 is 2.93 bits per heavy atom. The van der Waals surface area contributed by atoms with Crippen LogP contribution in [0.2, 0.25) is 0 Å². The van der Waals surface area contributed by atoms with E-state index in [9.17, 15) is 0 Å². The normalized spacial score (nSPS) is 10.6. The summed E-state index contributed by atoms with van der Waals surface area (Å²) in [5.41, 5.74) is 0. The van der Waals surface area contributed by atoms with E-state index in [0.29, 0.717) is 0 Å². The van der Waals surface area contributed by atoms with Gasteiger partial charge in [-0.15, -0.1) is 11.3 Å². The minimum absolute atomic E-state index is 0.726. The fraction of sp³-hybridized carbons (Fsp3) is 0.600. The van der Waals surface area contributed by atoms with Crippen LogP contribution in [0, 0.1) is 0 Å². The molecule has 0 aliphatic heterocycles. The van der Waals surface area contributed by atoms with Gasteiger partial charge in [-0.3, -0.25) is 0 Å². The zero-order chi connectivity index (χ0) is 10.1. The van der Waals surface area contributed by atoms with Crippen molar-refractivity contribution in [1.82, 2.24) is 5.32 Å². The van der Waals surface area contributed by atoms with Gasteiger partial charge in [-0.2, -0.15) is 0 Å². The summed E-state index contributed by atoms with van der Waals surface area (Å²) in [5, 5.41) is 5.28. The van der Waals surface area contributed by atoms with E-state index in [4.69, 9.17) is 9.47 Å². The monoisotopic (exact) mass is 215 g/mol. The summed E-state index contributed by atoms with van der Waals surface area (Å²) in [5.74, 6) is 0. The number of nitrogens with one attached hydrogen (secondary N) is 1. The predicted octanol–water partition coefficient (Wildman–Crippen LogP) is 1.50. The molecule has 1 aromatic rings. The van der Waals surface area contributed by atoms with Crippen molar-refractivity contribution >= 4 is 11.3 Å². The number of thiophene rings is 1. The average molecular weight is 215 g/mol. The summed E-state index contributed by atoms with van der Waals surface area (Å²) in [7, 11) is 1.70. The van der Waals surface area contributed by atoms with Crippen molar-refractivity contribution in [2.24, 2.45) is 0 Å². The van der Waals surface area contributed by atoms with Crippen LogP contribution in [-0.2, 0) is 16.1 Å². The first-order chi connectivity index (χ1) is 6.93. The molecule has 0 radical (unpaired) electrons. The van der Waals surface area contributed by atoms with E-state index >= 15 is 0 Å². The molecule has 0 saturated carbocycles. The minimum atomic E-state index is 0.726. The van der Waals surface area contributed by atoms with E-state index in [1.807, 2.05) is 6.07 Å². The molecular formula is C10H17NO2S. The highest BCUT2D eigenvalue weighted by atomic mass is 32.1. The van der Waals surface area contributed by atoms with E-state index in [1.165, 1.54) is 4.88 Å². The van der Waals surface area contributed by atoms with Crippen molar-refractivity contribution in [3.8, 4) is 0 Å². The molecule has 0 bridgehead atoms. The smallest absolute Gasteiger partial charge is 0.0809 e. The zero-order valence-corrected chi connectivity index (χ0v) is 9.31. The molecule has 80 valence electrons. The van der Waals surface area contributed by atoms with Crippen LogP contribution in [0.15, 0.2) is 17.5 Å². The Balaban J connectivity index is 1.85. The van der Waals surface area contributed by atoms with Crippen molar-refractivity contribution in [2.75, 3.05) is 33.4 Å². The Kier molecular flexibility index (Phi) is 6.61. The summed E-state index contributed by atoms with van der Waals surface area (Å²) in [6.45, 7) is 4.00. The highest BCUT2D eigenvalue weighted by Gasteiger charge is 1.93. The standard InChI is InChI=1S/C10H17NO2S/c1-12-6-4-11-5-7-13-9-10-3-2-8-14-10/h2-3,8,11H,4-7,9H2,1H3. The van der Waals surface area contributed by atoms with Gasteiger partial charge in [-0.05, 0) is 11.4 Å². The molecule has 0 saturated heterocycles. The van der Waals surface area contributed by atoms with Gasteiger partial charge in [0, 0.05) is 25.1 Å². The van der Waals surface area contributed by atoms with Gasteiger partial charge in [0.2, 0.25) is 0 Å². The van der Waals surface area contributed by atoms with Crippen molar-refractivity contribution in [1.29, 1.82) is 0 Å². The van der Waals surface area contributed by atoms with Crippen molar-refractivity contribution in [3.05, 3.63) is 22.4 Å². The molecule has 1 aromatic heterocycles. The lowest BCUT2D eigenvalue weighted by atomic mass is 10.5. The molecular weight excluding hydrogens is 198 g/mol. The Bertz CT molecular complexity index is 214. The molecule has 3 nitrogen and oxygen atoms in total. The molecule has 1 rings (SSSR count). The molecule has 0 aromatic carbocycles. The lowest BCUT2D eigenvalue weighted by molar-refractivity contribution is 0.122. The number of hydrogen-bond donors (Lipinski definition) is 1. The summed E-state index contributed by atoms with van der Waals surface area (Å²) in [6.07, 6.45) is 0. The van der Waals surface area contributed by atoms with Gasteiger partial charge in [0.15, 0.2) is 0 Å². The lowest BCUT2D eigenvalue weighted by Gasteiger charge is -2.04. The van der Waals surface area contributed by atoms with Crippen LogP contribution in [0.25, 0.3) is 0 Å². The quantitative estimate of drug-likeness (QED) is 0.667. The van der Waals surface area contributed by atoms with Crippen molar-refractivity contribution < 1.29 is 9.47 Å². The highest BCUT2D eigenvalue weighted by Crippen LogP contribution is 2.08. The Labute approximate surface area is 89.0 Å². The fourth-order valence-corrected chi connectivity index (χ4v) is 1.65. The van der Waals surface area contributed by atoms with E-state index in [1.54, 1.807) is 18.4 Å². The first kappa shape index (κ1) is 11.7. The summed E-state index contributed by atoms with van der Waals surface area (Å²) < 4.78 is 10.4. The molecule has 0 aliphatic rings. The third-order valence-corrected chi connectivity index (χ3v) is 2.58. The van der Waals surface area contributed by atoms with Crippen molar-refractivity contribution in [3.63, 3.8) is 0 Å². The van der Waals surface area contributed by atoms with Gasteiger partial charge in [-0.25, -0.2) is 0 Å². The molecule has 0 amide bonds. The second-order valence-electron chi connectivity index (χ2n) is 2.87. The summed E-state index contributed by atoms with van der Waals surface area (Å²) in [4.78, 5) is 1.28. The first-order valence-corrected chi connectivity index (χ1v) is 5.61. The predicted molar refractivity (Wildman–Crippen MR) is 58.7 cm³/mol. The maximum Gasteiger partial charge on any atom is 0.0809 e. The van der Waals surface area contributed by atoms with Crippen LogP contribution in [-0.4, -0.2) is 33.4 Å². The molecule has 0 atom stereocenters. The maximum absolute atomic E-state index is 5.47. The number of hydrogen-bond acceptors (Lipinski definition) is 4. The summed E-state index contributed by atoms with van der Waals surface area (Å²) in [6, 6.07) is 4.13. The van der Waals surface area contributed by atoms with Crippen LogP contribution < -0.4 is 5.32 Å². The van der Waals surface area contributed by atoms with Gasteiger partial charge < -0.3 is 14.8 Å². The van der Waals surface area contributed by atoms with E-state index < -0.39 is 0 Å². The minimum Gasteiger partial charge on any atom is -0.383 e. The fourth-order valence-electron chi connectivity index (χ4n) is 1.01. The van der Waals surface area contributed by atoms with Crippen LogP contribution in [0.3, 0.4) is 0 Å². The Hall–Kier alpha value is -0.420. The number of ether oxygens (including phenoxy) is 2. The third kappa shape index (κ3) is 5.34. The first-order valence-electron chi connectivity index (χ1n) is 4.73. The average Bonchev–Trinajstić information content (AvgIpc) is 2.69. The van der Waals surface area contributed by atoms with Crippen molar-refractivity contribution in [2.45, 2.75) is 6.61 Å². The largest absolute Gasteiger partial charge is 0.383 e. The van der Waals surface area contributed by atoms with Crippen LogP contribution in [0.5, 0.6) is 0 Å². The lowest BCUT2D eigenvalue weighted by Crippen LogP contribution is -2.23. The van der Waals surface area contributed by atoms with E-state index in [-0.39, 0.29) is 0 Å². The molecule has 1 N–H and O–H groups in total. The highest BCUT2D eigenvalue weighted by molar-refractivity contribution is 7.09. The topological polar surface area (TPSA) is 30.5 Å². The van der Waals surface area contributed by atoms with Gasteiger partial charge in [0.1, 0.15) is 0 Å². The molecule has 0 unspecified atom stereocenters. The van der Waals surface area contributed by atoms with E-state index in [2.05, 4.69) is 16.8 Å². The number of rotatable bonds is 8. The molecule has 0 aliphatic carbocycles. The molecule has 0 fully saturated rings. The zero-order valence-electron chi connectivity index (χ0n) is 8.49. The van der Waals surface area contributed by atoms with Gasteiger partial charge in [0.25, 0.3) is 0 Å². The van der Waals surface area contributed by atoms with Gasteiger partial charge in [-0.1, -0.05) is 6.07 Å². The molecule has 4 heteroatoms. The number of methoxy groups -OCH3 is 1. The van der Waals surface area contributed by atoms with E-state index in [0.717, 1.165) is 32.9 Å². The summed E-state index contributed by atoms with van der Waals surface area (Å²) >= 11 is 1.73. The Morgan fingerprint density at radius 2 is 2.21 bits per heavy atom. The van der Waals surface area contributed by atoms with Gasteiger partial charge in [0.05, 0.1) is 19.8 Å². The Morgan fingerprint density at radius 1 is 1.36 bits per heavy atom. The van der Waals surface area contributed by atoms with Crippen LogP contribution in [0.4, 0.5) is 0 Å². The third-order valence-electron chi connectivity index (χ3n) is 1.73.